The van der Waals surface area contributed by atoms with Gasteiger partial charge in [-0.2, -0.15) is 0 Å². The molecule has 0 aromatic heterocycles. The molecule has 0 aliphatic rings. The van der Waals surface area contributed by atoms with Gasteiger partial charge in [-0.15, -0.1) is 6.58 Å². The maximum absolute atomic E-state index is 3.87. The van der Waals surface area contributed by atoms with Gasteiger partial charge >= 0.3 is 0 Å². The van der Waals surface area contributed by atoms with E-state index in [0.717, 1.165) is 13.1 Å². The van der Waals surface area contributed by atoms with Crippen LogP contribution < -0.4 is 0 Å². The van der Waals surface area contributed by atoms with Crippen LogP contribution in [0.5, 0.6) is 0 Å². The lowest BCUT2D eigenvalue weighted by atomic mass is 10.7. The van der Waals surface area contributed by atoms with Gasteiger partial charge in [0, 0.05) is 0 Å². The highest BCUT2D eigenvalue weighted by Crippen LogP contribution is 2.09. The largest absolute Gasteiger partial charge is 0.321 e. The second-order valence-electron chi connectivity index (χ2n) is 3.03. The molecule has 10 heavy (non-hydrogen) atoms. The van der Waals surface area contributed by atoms with E-state index < -0.39 is 8.24 Å². The summed E-state index contributed by atoms with van der Waals surface area (Å²) in [6, 6.07) is 0. The maximum Gasteiger partial charge on any atom is 0.146 e. The number of rotatable bonds is 4. The van der Waals surface area contributed by atoms with Gasteiger partial charge in [-0.3, -0.25) is 0 Å². The van der Waals surface area contributed by atoms with Crippen LogP contribution in [0.3, 0.4) is 0 Å². The quantitative estimate of drug-likeness (QED) is 0.566. The number of nitrogens with zero attached hydrogens (tertiary/aromatic N) is 1. The highest BCUT2D eigenvalue weighted by Gasteiger charge is 2.22. The molecule has 0 aromatic rings. The zero-order valence-electron chi connectivity index (χ0n) is 7.65. The summed E-state index contributed by atoms with van der Waals surface area (Å²) in [5, 5.41) is 0. The molecule has 0 fully saturated rings. The third-order valence-electron chi connectivity index (χ3n) is 2.08. The molecular formula is C8H19NSi. The molecule has 0 unspecified atom stereocenters. The molecule has 0 amide bonds. The van der Waals surface area contributed by atoms with E-state index in [1.807, 2.05) is 0 Å². The van der Waals surface area contributed by atoms with E-state index in [0.29, 0.717) is 0 Å². The van der Waals surface area contributed by atoms with Crippen molar-refractivity contribution in [3.05, 3.63) is 12.3 Å². The Morgan fingerprint density at radius 3 is 1.80 bits per heavy atom. The first-order valence-corrected chi connectivity index (χ1v) is 6.99. The molecule has 0 rings (SSSR count). The zero-order chi connectivity index (χ0) is 8.20. The fraction of sp³-hybridized carbons (Fsp3) is 0.750. The van der Waals surface area contributed by atoms with E-state index in [-0.39, 0.29) is 0 Å². The molecule has 0 radical (unpaired) electrons. The lowest BCUT2D eigenvalue weighted by molar-refractivity contribution is 0.473. The van der Waals surface area contributed by atoms with Gasteiger partial charge in [-0.05, 0) is 13.1 Å². The third-order valence-corrected chi connectivity index (χ3v) is 5.34. The molecule has 0 saturated heterocycles. The molecule has 60 valence electrons. The van der Waals surface area contributed by atoms with Gasteiger partial charge in [0.25, 0.3) is 0 Å². The van der Waals surface area contributed by atoms with E-state index in [9.17, 15) is 0 Å². The Labute approximate surface area is 65.8 Å². The van der Waals surface area contributed by atoms with Crippen molar-refractivity contribution in [2.45, 2.75) is 26.9 Å². The lowest BCUT2D eigenvalue weighted by Crippen LogP contribution is -2.46. The van der Waals surface area contributed by atoms with Crippen LogP contribution >= 0.6 is 0 Å². The number of hydrogen-bond donors (Lipinski definition) is 0. The first kappa shape index (κ1) is 9.92. The predicted molar refractivity (Wildman–Crippen MR) is 50.6 cm³/mol. The Morgan fingerprint density at radius 2 is 1.70 bits per heavy atom. The van der Waals surface area contributed by atoms with Crippen molar-refractivity contribution in [1.29, 1.82) is 0 Å². The van der Waals surface area contributed by atoms with Gasteiger partial charge in [0.15, 0.2) is 0 Å². The number of hydrogen-bond acceptors (Lipinski definition) is 1. The van der Waals surface area contributed by atoms with Gasteiger partial charge in [-0.25, -0.2) is 0 Å². The Bertz CT molecular complexity index is 106. The fourth-order valence-electron chi connectivity index (χ4n) is 1.17. The summed E-state index contributed by atoms with van der Waals surface area (Å²) in [5.74, 6) is 0. The first-order chi connectivity index (χ1) is 4.58. The summed E-state index contributed by atoms with van der Waals surface area (Å²) in [7, 11) is -1.21. The first-order valence-electron chi connectivity index (χ1n) is 3.97. The highest BCUT2D eigenvalue weighted by molar-refractivity contribution is 6.79. The maximum atomic E-state index is 3.87. The van der Waals surface area contributed by atoms with Crippen molar-refractivity contribution in [3.63, 3.8) is 0 Å². The van der Waals surface area contributed by atoms with Gasteiger partial charge in [0.05, 0.1) is 0 Å². The third kappa shape index (κ3) is 2.27. The van der Waals surface area contributed by atoms with E-state index in [1.54, 1.807) is 0 Å². The molecule has 0 spiro atoms. The van der Waals surface area contributed by atoms with Crippen LogP contribution in [0.25, 0.3) is 0 Å². The molecule has 0 aromatic carbocycles. The van der Waals surface area contributed by atoms with Crippen LogP contribution in [0.4, 0.5) is 0 Å². The summed E-state index contributed by atoms with van der Waals surface area (Å²) in [6.45, 7) is 15.3. The minimum Gasteiger partial charge on any atom is -0.321 e. The Hall–Kier alpha value is -0.0831. The second-order valence-corrected chi connectivity index (χ2v) is 7.38. The molecule has 0 aliphatic heterocycles. The van der Waals surface area contributed by atoms with Crippen molar-refractivity contribution < 1.29 is 0 Å². The molecule has 0 bridgehead atoms. The van der Waals surface area contributed by atoms with Gasteiger partial charge < -0.3 is 4.57 Å². The smallest absolute Gasteiger partial charge is 0.146 e. The molecule has 0 N–H and O–H groups in total. The topological polar surface area (TPSA) is 3.24 Å². The van der Waals surface area contributed by atoms with Crippen molar-refractivity contribution in [3.8, 4) is 0 Å². The van der Waals surface area contributed by atoms with Gasteiger partial charge in [0.1, 0.15) is 8.24 Å². The lowest BCUT2D eigenvalue weighted by Gasteiger charge is -2.32. The van der Waals surface area contributed by atoms with E-state index in [1.165, 1.54) is 0 Å². The molecule has 0 aliphatic carbocycles. The van der Waals surface area contributed by atoms with Crippen LogP contribution in [-0.4, -0.2) is 25.9 Å². The molecule has 2 heteroatoms. The molecule has 0 atom stereocenters. The van der Waals surface area contributed by atoms with Crippen molar-refractivity contribution >= 4 is 8.24 Å². The van der Waals surface area contributed by atoms with Crippen molar-refractivity contribution in [2.75, 3.05) is 13.1 Å². The molecule has 0 saturated carbocycles. The highest BCUT2D eigenvalue weighted by atomic mass is 28.3. The standard InChI is InChI=1S/C8H19NSi/c1-6-9(7-2)10(4,5)8-3/h8H,3,6-7H2,1-2,4-5H3. The minimum atomic E-state index is -1.21. The fourth-order valence-corrected chi connectivity index (χ4v) is 3.06. The van der Waals surface area contributed by atoms with E-state index in [4.69, 9.17) is 0 Å². The zero-order valence-corrected chi connectivity index (χ0v) is 8.65. The van der Waals surface area contributed by atoms with Gasteiger partial charge in [0.2, 0.25) is 0 Å². The summed E-state index contributed by atoms with van der Waals surface area (Å²) in [4.78, 5) is 0. The van der Waals surface area contributed by atoms with Crippen LogP contribution in [-0.2, 0) is 0 Å². The average molecular weight is 157 g/mol. The Kier molecular flexibility index (Phi) is 3.90. The second kappa shape index (κ2) is 3.94. The summed E-state index contributed by atoms with van der Waals surface area (Å²) < 4.78 is 2.51. The SMILES string of the molecule is C=C[Si](C)(C)N(CC)CC. The molecule has 0 heterocycles. The minimum absolute atomic E-state index is 1.15. The normalized spacial score (nSPS) is 12.1. The van der Waals surface area contributed by atoms with Gasteiger partial charge in [-0.1, -0.05) is 32.6 Å². The Morgan fingerprint density at radius 1 is 1.30 bits per heavy atom. The van der Waals surface area contributed by atoms with Crippen molar-refractivity contribution in [2.24, 2.45) is 0 Å². The summed E-state index contributed by atoms with van der Waals surface area (Å²) in [6.07, 6.45) is 0. The summed E-state index contributed by atoms with van der Waals surface area (Å²) >= 11 is 0. The van der Waals surface area contributed by atoms with Crippen LogP contribution in [0.15, 0.2) is 12.3 Å². The van der Waals surface area contributed by atoms with E-state index in [2.05, 4.69) is 43.8 Å². The molecular weight excluding hydrogens is 138 g/mol. The van der Waals surface area contributed by atoms with Crippen molar-refractivity contribution in [1.82, 2.24) is 4.57 Å². The average Bonchev–Trinajstić information content (AvgIpc) is 1.90. The van der Waals surface area contributed by atoms with E-state index >= 15 is 0 Å². The predicted octanol–water partition coefficient (Wildman–Crippen LogP) is 2.26. The summed E-state index contributed by atoms with van der Waals surface area (Å²) in [5.41, 5.74) is 2.14. The Balaban J connectivity index is 4.10. The molecule has 1 nitrogen and oxygen atoms in total. The van der Waals surface area contributed by atoms with Crippen LogP contribution in [0.1, 0.15) is 13.8 Å². The monoisotopic (exact) mass is 157 g/mol. The van der Waals surface area contributed by atoms with Crippen LogP contribution in [0.2, 0.25) is 13.1 Å². The van der Waals surface area contributed by atoms with Crippen LogP contribution in [0, 0.1) is 0 Å².